The third kappa shape index (κ3) is 6.19. The Balaban J connectivity index is 1.48. The molecule has 0 aliphatic carbocycles. The van der Waals surface area contributed by atoms with Gasteiger partial charge in [-0.25, -0.2) is 4.83 Å². The van der Waals surface area contributed by atoms with E-state index in [1.165, 1.54) is 11.8 Å². The molecule has 6 heteroatoms. The first-order valence-corrected chi connectivity index (χ1v) is 11.3. The number of hydrogen-bond donors (Lipinski definition) is 1. The lowest BCUT2D eigenvalue weighted by Crippen LogP contribution is -2.18. The average molecular weight is 423 g/mol. The van der Waals surface area contributed by atoms with Crippen LogP contribution < -0.4 is 9.57 Å². The van der Waals surface area contributed by atoms with E-state index in [0.717, 1.165) is 35.3 Å². The molecule has 30 heavy (non-hydrogen) atoms. The maximum atomic E-state index is 12.3. The summed E-state index contributed by atoms with van der Waals surface area (Å²) in [4.78, 5) is 2.45. The molecule has 3 aromatic carbocycles. The summed E-state index contributed by atoms with van der Waals surface area (Å²) in [5, 5.41) is 3.88. The molecule has 0 bridgehead atoms. The molecule has 0 heterocycles. The topological polar surface area (TPSA) is 67.8 Å². The minimum absolute atomic E-state index is 0.196. The van der Waals surface area contributed by atoms with Crippen LogP contribution in [0.1, 0.15) is 28.7 Å². The van der Waals surface area contributed by atoms with Crippen LogP contribution in [-0.2, 0) is 16.4 Å². The van der Waals surface area contributed by atoms with Crippen LogP contribution in [0.5, 0.6) is 5.75 Å². The van der Waals surface area contributed by atoms with Gasteiger partial charge in [-0.1, -0.05) is 36.4 Å². The molecule has 0 aliphatic heterocycles. The van der Waals surface area contributed by atoms with Crippen LogP contribution in [0.15, 0.2) is 82.8 Å². The summed E-state index contributed by atoms with van der Waals surface area (Å²) in [6.07, 6.45) is 3.39. The monoisotopic (exact) mass is 422 g/mol. The van der Waals surface area contributed by atoms with Crippen LogP contribution in [0, 0.1) is 13.8 Å². The third-order valence-corrected chi connectivity index (χ3v) is 6.00. The van der Waals surface area contributed by atoms with E-state index >= 15 is 0 Å². The van der Waals surface area contributed by atoms with Gasteiger partial charge in [-0.3, -0.25) is 0 Å². The molecule has 0 unspecified atom stereocenters. The number of hydrazone groups is 1. The third-order valence-electron chi connectivity index (χ3n) is 4.78. The van der Waals surface area contributed by atoms with Crippen molar-refractivity contribution in [1.82, 2.24) is 4.83 Å². The van der Waals surface area contributed by atoms with Crippen molar-refractivity contribution in [3.8, 4) is 5.75 Å². The molecule has 0 fully saturated rings. The zero-order valence-corrected chi connectivity index (χ0v) is 18.0. The second-order valence-electron chi connectivity index (χ2n) is 7.11. The lowest BCUT2D eigenvalue weighted by Gasteiger charge is -2.07. The van der Waals surface area contributed by atoms with E-state index in [0.29, 0.717) is 6.61 Å². The van der Waals surface area contributed by atoms with Crippen LogP contribution in [0.2, 0.25) is 0 Å². The van der Waals surface area contributed by atoms with Crippen molar-refractivity contribution in [2.75, 3.05) is 6.61 Å². The molecule has 0 spiro atoms. The molecule has 1 N–H and O–H groups in total. The van der Waals surface area contributed by atoms with Gasteiger partial charge in [0, 0.05) is 0 Å². The predicted octanol–water partition coefficient (Wildman–Crippen LogP) is 4.63. The highest BCUT2D eigenvalue weighted by atomic mass is 32.2. The van der Waals surface area contributed by atoms with E-state index in [4.69, 9.17) is 4.74 Å². The number of nitrogens with one attached hydrogen (secondary N) is 1. The first-order valence-electron chi connectivity index (χ1n) is 9.83. The van der Waals surface area contributed by atoms with Gasteiger partial charge in [0.1, 0.15) is 5.75 Å². The van der Waals surface area contributed by atoms with Crippen molar-refractivity contribution in [1.29, 1.82) is 0 Å². The number of hydrogen-bond acceptors (Lipinski definition) is 4. The van der Waals surface area contributed by atoms with Gasteiger partial charge >= 0.3 is 0 Å². The Kier molecular flexibility index (Phi) is 7.25. The first kappa shape index (κ1) is 21.6. The molecule has 0 aromatic heterocycles. The van der Waals surface area contributed by atoms with Crippen molar-refractivity contribution in [3.63, 3.8) is 0 Å². The van der Waals surface area contributed by atoms with Crippen molar-refractivity contribution in [2.24, 2.45) is 5.10 Å². The van der Waals surface area contributed by atoms with E-state index in [-0.39, 0.29) is 4.90 Å². The number of aryl methyl sites for hydroxylation is 3. The molecule has 5 nitrogen and oxygen atoms in total. The molecule has 0 saturated heterocycles. The Hall–Kier alpha value is -3.12. The molecule has 0 amide bonds. The molecule has 0 saturated carbocycles. The van der Waals surface area contributed by atoms with Gasteiger partial charge in [0.2, 0.25) is 0 Å². The van der Waals surface area contributed by atoms with Crippen molar-refractivity contribution < 1.29 is 13.2 Å². The van der Waals surface area contributed by atoms with E-state index in [1.54, 1.807) is 18.2 Å². The molecule has 3 aromatic rings. The summed E-state index contributed by atoms with van der Waals surface area (Å²) in [6.45, 7) is 4.45. The Morgan fingerprint density at radius 1 is 0.933 bits per heavy atom. The Bertz CT molecular complexity index is 1090. The van der Waals surface area contributed by atoms with Gasteiger partial charge in [0.05, 0.1) is 17.7 Å². The van der Waals surface area contributed by atoms with Gasteiger partial charge in [0.25, 0.3) is 10.0 Å². The number of nitrogens with zero attached hydrogens (tertiary/aromatic N) is 1. The first-order chi connectivity index (χ1) is 14.4. The number of benzene rings is 3. The zero-order chi connectivity index (χ0) is 21.4. The van der Waals surface area contributed by atoms with E-state index in [1.807, 2.05) is 56.3 Å². The summed E-state index contributed by atoms with van der Waals surface area (Å²) >= 11 is 0. The lowest BCUT2D eigenvalue weighted by atomic mass is 10.1. The van der Waals surface area contributed by atoms with Gasteiger partial charge in [-0.05, 0) is 85.3 Å². The largest absolute Gasteiger partial charge is 0.494 e. The summed E-state index contributed by atoms with van der Waals surface area (Å²) in [5.41, 5.74) is 4.03. The molecular weight excluding hydrogens is 396 g/mol. The summed E-state index contributed by atoms with van der Waals surface area (Å²) in [7, 11) is -3.69. The van der Waals surface area contributed by atoms with E-state index in [9.17, 15) is 8.42 Å². The second-order valence-corrected chi connectivity index (χ2v) is 8.77. The fourth-order valence-electron chi connectivity index (χ4n) is 2.87. The average Bonchev–Trinajstić information content (AvgIpc) is 2.75. The highest BCUT2D eigenvalue weighted by molar-refractivity contribution is 7.89. The standard InChI is InChI=1S/C24H26N2O3S/c1-19-10-15-24(17-20(19)2)30(27,28)26-25-18-22-11-13-23(14-12-22)29-16-6-9-21-7-4-3-5-8-21/h3-5,7-8,10-15,17-18,26H,6,9,16H2,1-2H3/b25-18+. The smallest absolute Gasteiger partial charge is 0.276 e. The molecule has 0 radical (unpaired) electrons. The van der Waals surface area contributed by atoms with Crippen LogP contribution in [0.4, 0.5) is 0 Å². The van der Waals surface area contributed by atoms with Crippen molar-refractivity contribution in [2.45, 2.75) is 31.6 Å². The van der Waals surface area contributed by atoms with Gasteiger partial charge in [0.15, 0.2) is 0 Å². The SMILES string of the molecule is Cc1ccc(S(=O)(=O)N/N=C/c2ccc(OCCCc3ccccc3)cc2)cc1C. The fraction of sp³-hybridized carbons (Fsp3) is 0.208. The van der Waals surface area contributed by atoms with Gasteiger partial charge in [-0.2, -0.15) is 13.5 Å². The molecule has 3 rings (SSSR count). The molecular formula is C24H26N2O3S. The minimum Gasteiger partial charge on any atom is -0.494 e. The van der Waals surface area contributed by atoms with Crippen LogP contribution in [0.25, 0.3) is 0 Å². The van der Waals surface area contributed by atoms with E-state index in [2.05, 4.69) is 22.1 Å². The van der Waals surface area contributed by atoms with Crippen LogP contribution in [-0.4, -0.2) is 21.2 Å². The van der Waals surface area contributed by atoms with Crippen LogP contribution >= 0.6 is 0 Å². The Morgan fingerprint density at radius 3 is 2.37 bits per heavy atom. The quantitative estimate of drug-likeness (QED) is 0.311. The molecule has 0 aliphatic rings. The fourth-order valence-corrected chi connectivity index (χ4v) is 3.74. The number of sulfonamides is 1. The summed E-state index contributed by atoms with van der Waals surface area (Å²) in [6, 6.07) is 22.7. The number of ether oxygens (including phenoxy) is 1. The van der Waals surface area contributed by atoms with Crippen molar-refractivity contribution in [3.05, 3.63) is 95.1 Å². The molecule has 0 atom stereocenters. The van der Waals surface area contributed by atoms with E-state index < -0.39 is 10.0 Å². The highest BCUT2D eigenvalue weighted by Gasteiger charge is 2.13. The Labute approximate surface area is 178 Å². The predicted molar refractivity (Wildman–Crippen MR) is 121 cm³/mol. The normalized spacial score (nSPS) is 11.5. The second kappa shape index (κ2) is 10.1. The summed E-state index contributed by atoms with van der Waals surface area (Å²) in [5.74, 6) is 0.774. The molecule has 156 valence electrons. The maximum Gasteiger partial charge on any atom is 0.276 e. The highest BCUT2D eigenvalue weighted by Crippen LogP contribution is 2.15. The van der Waals surface area contributed by atoms with Gasteiger partial charge in [-0.15, -0.1) is 0 Å². The summed E-state index contributed by atoms with van der Waals surface area (Å²) < 4.78 is 30.5. The van der Waals surface area contributed by atoms with Crippen LogP contribution in [0.3, 0.4) is 0 Å². The number of rotatable bonds is 9. The Morgan fingerprint density at radius 2 is 1.67 bits per heavy atom. The maximum absolute atomic E-state index is 12.3. The lowest BCUT2D eigenvalue weighted by molar-refractivity contribution is 0.311. The van der Waals surface area contributed by atoms with Gasteiger partial charge < -0.3 is 4.74 Å². The zero-order valence-electron chi connectivity index (χ0n) is 17.2. The minimum atomic E-state index is -3.69. The van der Waals surface area contributed by atoms with Crippen molar-refractivity contribution >= 4 is 16.2 Å².